The van der Waals surface area contributed by atoms with Gasteiger partial charge in [0.25, 0.3) is 5.82 Å². The van der Waals surface area contributed by atoms with Crippen molar-refractivity contribution >= 4 is 17.0 Å². The molecule has 1 fully saturated rings. The molecule has 3 atom stereocenters. The number of carbonyl (C=O) groups excluding carboxylic acids is 1. The highest BCUT2D eigenvalue weighted by atomic mass is 19.4. The van der Waals surface area contributed by atoms with E-state index in [2.05, 4.69) is 20.8 Å². The van der Waals surface area contributed by atoms with Gasteiger partial charge < -0.3 is 4.74 Å². The lowest BCUT2D eigenvalue weighted by molar-refractivity contribution is -0.634. The van der Waals surface area contributed by atoms with Crippen molar-refractivity contribution in [1.82, 2.24) is 4.57 Å². The molecule has 0 saturated heterocycles. The number of aryl methyl sites for hydroxylation is 1. The third-order valence-corrected chi connectivity index (χ3v) is 7.09. The first-order valence-electron chi connectivity index (χ1n) is 11.9. The lowest BCUT2D eigenvalue weighted by Gasteiger charge is -2.36. The second-order valence-electron chi connectivity index (χ2n) is 9.89. The van der Waals surface area contributed by atoms with Gasteiger partial charge in [-0.05, 0) is 60.9 Å². The Balaban J connectivity index is 1.71. The molecule has 4 nitrogen and oxygen atoms in total. The van der Waals surface area contributed by atoms with E-state index in [1.54, 1.807) is 17.7 Å². The third-order valence-electron chi connectivity index (χ3n) is 7.09. The van der Waals surface area contributed by atoms with E-state index in [1.807, 2.05) is 28.8 Å². The minimum absolute atomic E-state index is 0.0668. The largest absolute Gasteiger partial charge is 0.459 e. The van der Waals surface area contributed by atoms with Gasteiger partial charge in [-0.2, -0.15) is 13.2 Å². The van der Waals surface area contributed by atoms with Crippen molar-refractivity contribution in [2.75, 3.05) is 0 Å². The zero-order valence-electron chi connectivity index (χ0n) is 20.1. The number of rotatable bonds is 5. The summed E-state index contributed by atoms with van der Waals surface area (Å²) >= 11 is 0. The average molecular weight is 474 g/mol. The maximum absolute atomic E-state index is 13.4. The van der Waals surface area contributed by atoms with Crippen LogP contribution in [-0.2, 0) is 29.3 Å². The predicted octanol–water partition coefficient (Wildman–Crippen LogP) is 6.16. The number of para-hydroxylation sites is 2. The molecular weight excluding hydrogens is 441 g/mol. The van der Waals surface area contributed by atoms with Crippen LogP contribution in [-0.4, -0.2) is 16.6 Å². The summed E-state index contributed by atoms with van der Waals surface area (Å²) in [6.07, 6.45) is -1.57. The summed E-state index contributed by atoms with van der Waals surface area (Å²) in [6, 6.07) is 12.7. The molecule has 0 N–H and O–H groups in total. The van der Waals surface area contributed by atoms with Gasteiger partial charge in [0.2, 0.25) is 0 Å². The van der Waals surface area contributed by atoms with Crippen LogP contribution < -0.4 is 4.57 Å². The van der Waals surface area contributed by atoms with Crippen LogP contribution in [0.3, 0.4) is 0 Å². The monoisotopic (exact) mass is 473 g/mol. The van der Waals surface area contributed by atoms with E-state index in [0.717, 1.165) is 42.4 Å². The van der Waals surface area contributed by atoms with Crippen molar-refractivity contribution in [2.45, 2.75) is 58.9 Å². The van der Waals surface area contributed by atoms with Crippen molar-refractivity contribution in [3.8, 4) is 11.4 Å². The normalized spacial score (nSPS) is 21.2. The van der Waals surface area contributed by atoms with Gasteiger partial charge in [-0.1, -0.05) is 45.4 Å². The number of ether oxygens (including phenoxy) is 1. The summed E-state index contributed by atoms with van der Waals surface area (Å²) in [6.45, 7) is 6.44. The Hall–Kier alpha value is -2.83. The molecule has 1 aliphatic rings. The first-order chi connectivity index (χ1) is 16.1. The smallest absolute Gasteiger partial charge is 0.416 e. The van der Waals surface area contributed by atoms with Gasteiger partial charge >= 0.3 is 12.1 Å². The summed E-state index contributed by atoms with van der Waals surface area (Å²) < 4.78 is 49.8. The summed E-state index contributed by atoms with van der Waals surface area (Å²) in [7, 11) is 1.80. The van der Waals surface area contributed by atoms with E-state index in [9.17, 15) is 18.0 Å². The molecule has 34 heavy (non-hydrogen) atoms. The number of alkyl halides is 3. The molecule has 1 heterocycles. The summed E-state index contributed by atoms with van der Waals surface area (Å²) in [5.74, 6) is 1.40. The van der Waals surface area contributed by atoms with Crippen molar-refractivity contribution in [3.05, 3.63) is 54.1 Å². The number of carbonyl (C=O) groups is 1. The molecule has 4 rings (SSSR count). The van der Waals surface area contributed by atoms with Crippen LogP contribution in [0.5, 0.6) is 0 Å². The second kappa shape index (κ2) is 9.43. The van der Waals surface area contributed by atoms with Gasteiger partial charge in [0.15, 0.2) is 17.6 Å². The minimum atomic E-state index is -4.45. The molecule has 3 unspecified atom stereocenters. The number of hydrogen-bond acceptors (Lipinski definition) is 2. The standard InChI is InChI=1S/C27H32F3N2O2/c1-17(2)21-13-12-18(3)14-24(21)34-25(33)16-32-23-11-6-5-10-22(23)31(4)26(32)19-8-7-9-20(15-19)27(28,29)30/h5-11,15,17-18,21,24H,12-14,16H2,1-4H3/q+1. The molecule has 0 radical (unpaired) electrons. The average Bonchev–Trinajstić information content (AvgIpc) is 3.04. The molecule has 7 heteroatoms. The van der Waals surface area contributed by atoms with Crippen LogP contribution in [0, 0.1) is 17.8 Å². The van der Waals surface area contributed by atoms with Crippen LogP contribution >= 0.6 is 0 Å². The van der Waals surface area contributed by atoms with Crippen LogP contribution in [0.4, 0.5) is 13.2 Å². The number of esters is 1. The number of aromatic nitrogens is 2. The quantitative estimate of drug-likeness (QED) is 0.329. The van der Waals surface area contributed by atoms with E-state index in [1.165, 1.54) is 6.07 Å². The molecule has 1 aliphatic carbocycles. The Morgan fingerprint density at radius 1 is 1.15 bits per heavy atom. The Labute approximate surface area is 198 Å². The highest BCUT2D eigenvalue weighted by Crippen LogP contribution is 2.36. The van der Waals surface area contributed by atoms with Gasteiger partial charge in [0.1, 0.15) is 6.10 Å². The fourth-order valence-electron chi connectivity index (χ4n) is 5.31. The van der Waals surface area contributed by atoms with E-state index in [4.69, 9.17) is 4.74 Å². The molecule has 0 bridgehead atoms. The van der Waals surface area contributed by atoms with Gasteiger partial charge in [-0.25, -0.2) is 13.9 Å². The summed E-state index contributed by atoms with van der Waals surface area (Å²) in [4.78, 5) is 13.2. The SMILES string of the molecule is CC1CCC(C(C)C)C(OC(=O)Cn2c(-c3cccc(C(F)(F)F)c3)[n+](C)c3ccccc32)C1. The minimum Gasteiger partial charge on any atom is -0.459 e. The van der Waals surface area contributed by atoms with E-state index < -0.39 is 11.7 Å². The Morgan fingerprint density at radius 3 is 2.59 bits per heavy atom. The third kappa shape index (κ3) is 4.84. The second-order valence-corrected chi connectivity index (χ2v) is 9.89. The number of imidazole rings is 1. The van der Waals surface area contributed by atoms with Crippen LogP contribution in [0.15, 0.2) is 48.5 Å². The molecule has 3 aromatic rings. The van der Waals surface area contributed by atoms with Crippen molar-refractivity contribution < 1.29 is 27.3 Å². The fraction of sp³-hybridized carbons (Fsp3) is 0.481. The number of fused-ring (bicyclic) bond motifs is 1. The number of nitrogens with zero attached hydrogens (tertiary/aromatic N) is 2. The summed E-state index contributed by atoms with van der Waals surface area (Å²) in [5, 5.41) is 0. The molecule has 182 valence electrons. The highest BCUT2D eigenvalue weighted by Gasteiger charge is 2.35. The van der Waals surface area contributed by atoms with E-state index in [-0.39, 0.29) is 18.6 Å². The van der Waals surface area contributed by atoms with Crippen LogP contribution in [0.2, 0.25) is 0 Å². The van der Waals surface area contributed by atoms with Gasteiger partial charge in [0, 0.05) is 0 Å². The number of benzene rings is 2. The van der Waals surface area contributed by atoms with Crippen molar-refractivity contribution in [2.24, 2.45) is 24.8 Å². The molecular formula is C27H32F3N2O2+. The summed E-state index contributed by atoms with van der Waals surface area (Å²) in [5.41, 5.74) is 1.27. The Bertz CT molecular complexity index is 1180. The maximum atomic E-state index is 13.4. The first kappa shape index (κ1) is 24.3. The molecule has 0 aliphatic heterocycles. The zero-order valence-corrected chi connectivity index (χ0v) is 20.1. The van der Waals surface area contributed by atoms with Crippen LogP contribution in [0.1, 0.15) is 45.6 Å². The fourth-order valence-corrected chi connectivity index (χ4v) is 5.31. The number of hydrogen-bond donors (Lipinski definition) is 0. The van der Waals surface area contributed by atoms with Gasteiger partial charge in [-0.15, -0.1) is 0 Å². The predicted molar refractivity (Wildman–Crippen MR) is 125 cm³/mol. The van der Waals surface area contributed by atoms with Crippen molar-refractivity contribution in [3.63, 3.8) is 0 Å². The molecule has 0 spiro atoms. The van der Waals surface area contributed by atoms with Crippen LogP contribution in [0.25, 0.3) is 22.4 Å². The maximum Gasteiger partial charge on any atom is 0.416 e. The van der Waals surface area contributed by atoms with Gasteiger partial charge in [-0.3, -0.25) is 0 Å². The zero-order chi connectivity index (χ0) is 24.6. The molecule has 0 amide bonds. The number of halogens is 3. The lowest BCUT2D eigenvalue weighted by atomic mass is 9.75. The van der Waals surface area contributed by atoms with Crippen molar-refractivity contribution in [1.29, 1.82) is 0 Å². The van der Waals surface area contributed by atoms with E-state index >= 15 is 0 Å². The first-order valence-corrected chi connectivity index (χ1v) is 11.9. The molecule has 1 aromatic heterocycles. The molecule has 2 aromatic carbocycles. The topological polar surface area (TPSA) is 35.1 Å². The lowest BCUT2D eigenvalue weighted by Crippen LogP contribution is -2.37. The highest BCUT2D eigenvalue weighted by molar-refractivity contribution is 5.79. The van der Waals surface area contributed by atoms with E-state index in [0.29, 0.717) is 29.1 Å². The Kier molecular flexibility index (Phi) is 6.74. The van der Waals surface area contributed by atoms with Gasteiger partial charge in [0.05, 0.1) is 18.2 Å². The molecule has 1 saturated carbocycles. The Morgan fingerprint density at radius 2 is 1.88 bits per heavy atom.